The minimum Gasteiger partial charge on any atom is -0.355 e. The van der Waals surface area contributed by atoms with Crippen LogP contribution < -0.4 is 10.6 Å². The fourth-order valence-electron chi connectivity index (χ4n) is 2.24. The van der Waals surface area contributed by atoms with Crippen molar-refractivity contribution in [3.05, 3.63) is 12.7 Å². The Morgan fingerprint density at radius 1 is 1.53 bits per heavy atom. The van der Waals surface area contributed by atoms with Crippen molar-refractivity contribution in [1.29, 1.82) is 0 Å². The molecule has 4 heteroatoms. The van der Waals surface area contributed by atoms with E-state index in [4.69, 9.17) is 0 Å². The molecule has 1 aliphatic heterocycles. The molecule has 0 aromatic heterocycles. The maximum absolute atomic E-state index is 12.2. The monoisotopic (exact) mass is 256 g/mol. The van der Waals surface area contributed by atoms with Crippen molar-refractivity contribution in [2.24, 2.45) is 5.41 Å². The number of carbonyl (C=O) groups excluding carboxylic acids is 1. The predicted molar refractivity (Wildman–Crippen MR) is 75.4 cm³/mol. The van der Waals surface area contributed by atoms with Gasteiger partial charge in [0.1, 0.15) is 0 Å². The zero-order valence-electron chi connectivity index (χ0n) is 10.8. The molecule has 98 valence electrons. The fourth-order valence-corrected chi connectivity index (χ4v) is 2.82. The number of hydrogen-bond acceptors (Lipinski definition) is 3. The first-order valence-electron chi connectivity index (χ1n) is 6.43. The first-order chi connectivity index (χ1) is 8.25. The molecule has 0 saturated carbocycles. The lowest BCUT2D eigenvalue weighted by molar-refractivity contribution is -0.132. The van der Waals surface area contributed by atoms with E-state index in [1.54, 1.807) is 11.8 Å². The van der Waals surface area contributed by atoms with Crippen LogP contribution in [0.2, 0.25) is 0 Å². The molecule has 2 N–H and O–H groups in total. The number of hydrogen-bond donors (Lipinski definition) is 2. The molecular weight excluding hydrogens is 232 g/mol. The van der Waals surface area contributed by atoms with E-state index in [0.29, 0.717) is 0 Å². The molecule has 1 amide bonds. The molecule has 17 heavy (non-hydrogen) atoms. The van der Waals surface area contributed by atoms with Gasteiger partial charge in [-0.3, -0.25) is 4.79 Å². The van der Waals surface area contributed by atoms with Gasteiger partial charge in [-0.15, -0.1) is 6.58 Å². The highest BCUT2D eigenvalue weighted by atomic mass is 32.2. The maximum Gasteiger partial charge on any atom is 0.226 e. The summed E-state index contributed by atoms with van der Waals surface area (Å²) in [6.45, 7) is 8.50. The third-order valence-corrected chi connectivity index (χ3v) is 4.45. The summed E-state index contributed by atoms with van der Waals surface area (Å²) < 4.78 is 0. The summed E-state index contributed by atoms with van der Waals surface area (Å²) >= 11 is 1.80. The fraction of sp³-hybridized carbons (Fsp3) is 0.769. The van der Waals surface area contributed by atoms with E-state index in [2.05, 4.69) is 24.1 Å². The van der Waals surface area contributed by atoms with E-state index in [1.807, 2.05) is 6.08 Å². The Labute approximate surface area is 109 Å². The third kappa shape index (κ3) is 4.36. The summed E-state index contributed by atoms with van der Waals surface area (Å²) in [7, 11) is 0. The van der Waals surface area contributed by atoms with Gasteiger partial charge < -0.3 is 10.6 Å². The van der Waals surface area contributed by atoms with Crippen LogP contribution >= 0.6 is 11.8 Å². The molecule has 1 aliphatic rings. The Kier molecular flexibility index (Phi) is 6.66. The molecule has 0 aromatic carbocycles. The van der Waals surface area contributed by atoms with Crippen molar-refractivity contribution in [2.75, 3.05) is 31.1 Å². The number of piperidine rings is 1. The van der Waals surface area contributed by atoms with Crippen molar-refractivity contribution in [3.8, 4) is 0 Å². The quantitative estimate of drug-likeness (QED) is 0.539. The maximum atomic E-state index is 12.2. The van der Waals surface area contributed by atoms with Gasteiger partial charge in [-0.05, 0) is 32.4 Å². The van der Waals surface area contributed by atoms with Gasteiger partial charge in [-0.25, -0.2) is 0 Å². The highest BCUT2D eigenvalue weighted by molar-refractivity contribution is 7.99. The topological polar surface area (TPSA) is 41.1 Å². The Hall–Kier alpha value is -0.480. The van der Waals surface area contributed by atoms with E-state index >= 15 is 0 Å². The molecule has 0 aromatic rings. The number of amides is 1. The van der Waals surface area contributed by atoms with Gasteiger partial charge in [-0.1, -0.05) is 13.0 Å². The lowest BCUT2D eigenvalue weighted by Gasteiger charge is -2.35. The van der Waals surface area contributed by atoms with Crippen LogP contribution in [-0.2, 0) is 4.79 Å². The van der Waals surface area contributed by atoms with E-state index in [-0.39, 0.29) is 11.3 Å². The molecule has 1 fully saturated rings. The first kappa shape index (κ1) is 14.6. The summed E-state index contributed by atoms with van der Waals surface area (Å²) in [6.07, 6.45) is 4.78. The van der Waals surface area contributed by atoms with Crippen LogP contribution in [0, 0.1) is 5.41 Å². The molecule has 0 atom stereocenters. The minimum absolute atomic E-state index is 0.117. The first-order valence-corrected chi connectivity index (χ1v) is 7.58. The molecule has 3 nitrogen and oxygen atoms in total. The van der Waals surface area contributed by atoms with Crippen LogP contribution in [0.5, 0.6) is 0 Å². The van der Waals surface area contributed by atoms with E-state index < -0.39 is 0 Å². The Morgan fingerprint density at radius 2 is 2.24 bits per heavy atom. The summed E-state index contributed by atoms with van der Waals surface area (Å²) in [4.78, 5) is 12.2. The average molecular weight is 256 g/mol. The van der Waals surface area contributed by atoms with Gasteiger partial charge in [0.25, 0.3) is 0 Å². The Morgan fingerprint density at radius 3 is 2.82 bits per heavy atom. The molecule has 1 heterocycles. The van der Waals surface area contributed by atoms with E-state index in [0.717, 1.165) is 50.4 Å². The van der Waals surface area contributed by atoms with Crippen molar-refractivity contribution < 1.29 is 4.79 Å². The second kappa shape index (κ2) is 7.77. The van der Waals surface area contributed by atoms with Gasteiger partial charge >= 0.3 is 0 Å². The van der Waals surface area contributed by atoms with Gasteiger partial charge in [0.15, 0.2) is 0 Å². The normalized spacial score (nSPS) is 18.6. The lowest BCUT2D eigenvalue weighted by Crippen LogP contribution is -2.47. The predicted octanol–water partition coefficient (Wildman–Crippen LogP) is 1.80. The van der Waals surface area contributed by atoms with Crippen LogP contribution in [0.4, 0.5) is 0 Å². The molecule has 0 unspecified atom stereocenters. The highest BCUT2D eigenvalue weighted by Gasteiger charge is 2.37. The molecule has 0 radical (unpaired) electrons. The number of carbonyl (C=O) groups is 1. The number of thioether (sulfide) groups is 1. The minimum atomic E-state index is -0.117. The van der Waals surface area contributed by atoms with Crippen molar-refractivity contribution in [3.63, 3.8) is 0 Å². The van der Waals surface area contributed by atoms with Crippen LogP contribution in [0.15, 0.2) is 12.7 Å². The van der Waals surface area contributed by atoms with Crippen LogP contribution in [-0.4, -0.2) is 37.0 Å². The molecule has 1 rings (SSSR count). The van der Waals surface area contributed by atoms with Crippen molar-refractivity contribution in [1.82, 2.24) is 10.6 Å². The second-order valence-electron chi connectivity index (χ2n) is 4.50. The summed E-state index contributed by atoms with van der Waals surface area (Å²) in [6, 6.07) is 0. The van der Waals surface area contributed by atoms with E-state index in [9.17, 15) is 4.79 Å². The smallest absolute Gasteiger partial charge is 0.226 e. The molecule has 0 bridgehead atoms. The van der Waals surface area contributed by atoms with E-state index in [1.165, 1.54) is 0 Å². The zero-order valence-corrected chi connectivity index (χ0v) is 11.6. The van der Waals surface area contributed by atoms with Gasteiger partial charge in [-0.2, -0.15) is 11.8 Å². The summed E-state index contributed by atoms with van der Waals surface area (Å²) in [5.41, 5.74) is -0.117. The number of rotatable bonds is 7. The van der Waals surface area contributed by atoms with Crippen LogP contribution in [0.25, 0.3) is 0 Å². The zero-order chi connectivity index (χ0) is 12.6. The Balaban J connectivity index is 2.30. The standard InChI is InChI=1S/C13H24N2OS/c1-3-10-17-11-9-15-12(16)13(4-2)5-7-14-8-6-13/h3,14H,1,4-11H2,2H3,(H,15,16). The SMILES string of the molecule is C=CCSCCNC(=O)C1(CC)CCNCC1. The largest absolute Gasteiger partial charge is 0.355 e. The number of nitrogens with one attached hydrogen (secondary N) is 2. The van der Waals surface area contributed by atoms with Gasteiger partial charge in [0.2, 0.25) is 5.91 Å². The second-order valence-corrected chi connectivity index (χ2v) is 5.65. The van der Waals surface area contributed by atoms with Crippen LogP contribution in [0.3, 0.4) is 0 Å². The third-order valence-electron chi connectivity index (χ3n) is 3.49. The van der Waals surface area contributed by atoms with Gasteiger partial charge in [0.05, 0.1) is 5.41 Å². The average Bonchev–Trinajstić information content (AvgIpc) is 2.39. The molecule has 0 aliphatic carbocycles. The molecule has 0 spiro atoms. The summed E-state index contributed by atoms with van der Waals surface area (Å²) in [5.74, 6) is 2.18. The van der Waals surface area contributed by atoms with Crippen molar-refractivity contribution in [2.45, 2.75) is 26.2 Å². The molecular formula is C13H24N2OS. The van der Waals surface area contributed by atoms with Crippen LogP contribution in [0.1, 0.15) is 26.2 Å². The lowest BCUT2D eigenvalue weighted by atomic mass is 9.76. The van der Waals surface area contributed by atoms with Crippen molar-refractivity contribution >= 4 is 17.7 Å². The Bertz CT molecular complexity index is 250. The van der Waals surface area contributed by atoms with Gasteiger partial charge in [0, 0.05) is 18.1 Å². The summed E-state index contributed by atoms with van der Waals surface area (Å²) in [5, 5.41) is 6.40. The highest BCUT2D eigenvalue weighted by Crippen LogP contribution is 2.32. The molecule has 1 saturated heterocycles.